The molecule has 0 N–H and O–H groups in total. The Labute approximate surface area is 271 Å². The second-order valence-corrected chi connectivity index (χ2v) is 12.1. The van der Waals surface area contributed by atoms with E-state index < -0.39 is 0 Å². The molecule has 0 saturated carbocycles. The van der Waals surface area contributed by atoms with E-state index in [0.717, 1.165) is 77.9 Å². The van der Waals surface area contributed by atoms with Gasteiger partial charge in [-0.3, -0.25) is 18.8 Å². The Morgan fingerprint density at radius 3 is 2.15 bits per heavy atom. The van der Waals surface area contributed by atoms with E-state index in [1.54, 1.807) is 0 Å². The maximum atomic E-state index is 13.7. The monoisotopic (exact) mass is 616 g/mol. The quantitative estimate of drug-likeness (QED) is 0.158. The second kappa shape index (κ2) is 14.6. The van der Waals surface area contributed by atoms with Gasteiger partial charge in [-0.15, -0.1) is 0 Å². The summed E-state index contributed by atoms with van der Waals surface area (Å²) in [6.45, 7) is 9.31. The molecule has 1 amide bonds. The topological polar surface area (TPSA) is 59.7 Å². The molecule has 0 spiro atoms. The summed E-state index contributed by atoms with van der Waals surface area (Å²) in [5, 5.41) is 0. The van der Waals surface area contributed by atoms with E-state index in [4.69, 9.17) is 4.74 Å². The van der Waals surface area contributed by atoms with E-state index in [9.17, 15) is 9.59 Å². The molecule has 0 aliphatic carbocycles. The Morgan fingerprint density at radius 2 is 1.43 bits per heavy atom. The van der Waals surface area contributed by atoms with Gasteiger partial charge in [0, 0.05) is 50.7 Å². The predicted molar refractivity (Wildman–Crippen MR) is 185 cm³/mol. The summed E-state index contributed by atoms with van der Waals surface area (Å²) in [6.07, 6.45) is 2.61. The number of likely N-dealkylation sites (tertiary alicyclic amines) is 1. The van der Waals surface area contributed by atoms with Crippen LogP contribution in [0.4, 0.5) is 0 Å². The number of hydrogen-bond donors (Lipinski definition) is 0. The zero-order valence-corrected chi connectivity index (χ0v) is 27.0. The number of imidazole rings is 1. The Balaban J connectivity index is 1.04. The summed E-state index contributed by atoms with van der Waals surface area (Å²) < 4.78 is 10.3. The normalized spacial score (nSPS) is 14.0. The van der Waals surface area contributed by atoms with Gasteiger partial charge in [0.05, 0.1) is 17.6 Å². The number of fused-ring (bicyclic) bond motifs is 1. The van der Waals surface area contributed by atoms with Gasteiger partial charge in [0.1, 0.15) is 12.4 Å². The lowest BCUT2D eigenvalue weighted by Gasteiger charge is -2.32. The van der Waals surface area contributed by atoms with Crippen molar-refractivity contribution in [1.82, 2.24) is 18.9 Å². The Kier molecular flexibility index (Phi) is 9.99. The number of amides is 1. The number of ether oxygens (including phenoxy) is 1. The molecule has 1 aromatic heterocycles. The van der Waals surface area contributed by atoms with E-state index in [2.05, 4.69) is 35.2 Å². The summed E-state index contributed by atoms with van der Waals surface area (Å²) in [4.78, 5) is 30.7. The van der Waals surface area contributed by atoms with Gasteiger partial charge in [-0.2, -0.15) is 0 Å². The average molecular weight is 617 g/mol. The molecule has 1 aliphatic heterocycles. The maximum absolute atomic E-state index is 13.7. The average Bonchev–Trinajstić information content (AvgIpc) is 3.37. The summed E-state index contributed by atoms with van der Waals surface area (Å²) >= 11 is 0. The van der Waals surface area contributed by atoms with Crippen LogP contribution in [0.1, 0.15) is 59.8 Å². The summed E-state index contributed by atoms with van der Waals surface area (Å²) in [5.74, 6) is 0.977. The molecule has 0 atom stereocenters. The van der Waals surface area contributed by atoms with Crippen LogP contribution in [0.3, 0.4) is 0 Å². The van der Waals surface area contributed by atoms with Gasteiger partial charge in [-0.05, 0) is 73.7 Å². The molecular formula is C39H44N4O3. The van der Waals surface area contributed by atoms with Crippen molar-refractivity contribution in [3.8, 4) is 5.75 Å². The van der Waals surface area contributed by atoms with Crippen molar-refractivity contribution in [2.75, 3.05) is 39.3 Å². The van der Waals surface area contributed by atoms with Gasteiger partial charge in [-0.1, -0.05) is 72.8 Å². The van der Waals surface area contributed by atoms with Crippen molar-refractivity contribution in [3.05, 3.63) is 136 Å². The van der Waals surface area contributed by atoms with Crippen LogP contribution in [-0.4, -0.2) is 64.2 Å². The number of rotatable bonds is 12. The van der Waals surface area contributed by atoms with E-state index in [1.165, 1.54) is 0 Å². The summed E-state index contributed by atoms with van der Waals surface area (Å²) in [6, 6.07) is 34.7. The number of benzene rings is 4. The lowest BCUT2D eigenvalue weighted by Crippen LogP contribution is -2.39. The molecule has 238 valence electrons. The minimum Gasteiger partial charge on any atom is -0.492 e. The number of nitrogens with zero attached hydrogens (tertiary/aromatic N) is 4. The number of piperidine rings is 1. The molecule has 6 rings (SSSR count). The van der Waals surface area contributed by atoms with Crippen molar-refractivity contribution in [3.63, 3.8) is 0 Å². The fourth-order valence-corrected chi connectivity index (χ4v) is 6.66. The van der Waals surface area contributed by atoms with Crippen LogP contribution in [-0.2, 0) is 13.0 Å². The Hall–Kier alpha value is -4.62. The molecule has 7 nitrogen and oxygen atoms in total. The molecule has 1 aliphatic rings. The highest BCUT2D eigenvalue weighted by Crippen LogP contribution is 2.27. The van der Waals surface area contributed by atoms with E-state index >= 15 is 0 Å². The largest absolute Gasteiger partial charge is 0.492 e. The third kappa shape index (κ3) is 6.95. The molecule has 46 heavy (non-hydrogen) atoms. The third-order valence-corrected chi connectivity index (χ3v) is 9.26. The first-order chi connectivity index (χ1) is 22.6. The second-order valence-electron chi connectivity index (χ2n) is 12.1. The molecule has 1 fully saturated rings. The molecule has 4 aromatic carbocycles. The van der Waals surface area contributed by atoms with Gasteiger partial charge in [-0.25, -0.2) is 4.79 Å². The number of carbonyl (C=O) groups excluding carboxylic acids is 1. The van der Waals surface area contributed by atoms with Crippen LogP contribution in [0.2, 0.25) is 0 Å². The zero-order valence-electron chi connectivity index (χ0n) is 27.0. The van der Waals surface area contributed by atoms with Crippen molar-refractivity contribution in [2.45, 2.75) is 45.7 Å². The molecule has 7 heteroatoms. The van der Waals surface area contributed by atoms with Gasteiger partial charge in [0.15, 0.2) is 0 Å². The van der Waals surface area contributed by atoms with Crippen LogP contribution in [0.5, 0.6) is 5.75 Å². The van der Waals surface area contributed by atoms with Crippen molar-refractivity contribution in [2.24, 2.45) is 0 Å². The number of carbonyl (C=O) groups is 1. The molecule has 0 radical (unpaired) electrons. The van der Waals surface area contributed by atoms with Gasteiger partial charge in [0.2, 0.25) is 0 Å². The fourth-order valence-electron chi connectivity index (χ4n) is 6.66. The molecule has 0 bridgehead atoms. The van der Waals surface area contributed by atoms with E-state index in [1.807, 2.05) is 101 Å². The number of hydrogen-bond acceptors (Lipinski definition) is 4. The standard InChI is InChI=1S/C39H44N4O3/c1-3-41(4-2)38(44)32-20-18-30(19-21-32)28-33-14-8-11-17-37(33)46-27-26-40-24-22-34(23-25-40)43-36-16-10-9-15-35(36)42(39(43)45)29-31-12-6-5-7-13-31/h5-21,34H,3-4,22-29H2,1-2H3. The van der Waals surface area contributed by atoms with Crippen molar-refractivity contribution >= 4 is 16.9 Å². The first kappa shape index (κ1) is 31.4. The molecule has 2 heterocycles. The smallest absolute Gasteiger partial charge is 0.329 e. The van der Waals surface area contributed by atoms with Gasteiger partial charge in [0.25, 0.3) is 5.91 Å². The van der Waals surface area contributed by atoms with Crippen molar-refractivity contribution in [1.29, 1.82) is 0 Å². The van der Waals surface area contributed by atoms with E-state index in [-0.39, 0.29) is 17.6 Å². The van der Waals surface area contributed by atoms with Gasteiger partial charge < -0.3 is 9.64 Å². The Morgan fingerprint density at radius 1 is 0.783 bits per heavy atom. The number of para-hydroxylation sites is 3. The third-order valence-electron chi connectivity index (χ3n) is 9.26. The summed E-state index contributed by atoms with van der Waals surface area (Å²) in [7, 11) is 0. The van der Waals surface area contributed by atoms with Gasteiger partial charge >= 0.3 is 5.69 Å². The van der Waals surface area contributed by atoms with Crippen LogP contribution in [0.15, 0.2) is 108 Å². The van der Waals surface area contributed by atoms with Crippen molar-refractivity contribution < 1.29 is 9.53 Å². The zero-order chi connectivity index (χ0) is 31.9. The minimum atomic E-state index is 0.0752. The minimum absolute atomic E-state index is 0.0752. The molecule has 5 aromatic rings. The highest BCUT2D eigenvalue weighted by Gasteiger charge is 2.25. The summed E-state index contributed by atoms with van der Waals surface area (Å²) in [5.41, 5.74) is 6.23. The highest BCUT2D eigenvalue weighted by molar-refractivity contribution is 5.94. The lowest BCUT2D eigenvalue weighted by molar-refractivity contribution is 0.0773. The van der Waals surface area contributed by atoms with Crippen LogP contribution in [0, 0.1) is 0 Å². The SMILES string of the molecule is CCN(CC)C(=O)c1ccc(Cc2ccccc2OCCN2CCC(n3c(=O)n(Cc4ccccc4)c4ccccc43)CC2)cc1. The highest BCUT2D eigenvalue weighted by atomic mass is 16.5. The predicted octanol–water partition coefficient (Wildman–Crippen LogP) is 6.64. The number of aromatic nitrogens is 2. The maximum Gasteiger partial charge on any atom is 0.329 e. The molecule has 1 saturated heterocycles. The van der Waals surface area contributed by atoms with E-state index in [0.29, 0.717) is 26.2 Å². The first-order valence-electron chi connectivity index (χ1n) is 16.6. The van der Waals surface area contributed by atoms with Crippen LogP contribution in [0.25, 0.3) is 11.0 Å². The van der Waals surface area contributed by atoms with Crippen LogP contribution < -0.4 is 10.4 Å². The molecular weight excluding hydrogens is 572 g/mol. The fraction of sp³-hybridized carbons (Fsp3) is 0.333. The van der Waals surface area contributed by atoms with Crippen LogP contribution >= 0.6 is 0 Å². The Bertz CT molecular complexity index is 1800. The first-order valence-corrected chi connectivity index (χ1v) is 16.6. The molecule has 0 unspecified atom stereocenters. The lowest BCUT2D eigenvalue weighted by atomic mass is 10.0.